The van der Waals surface area contributed by atoms with E-state index in [1.165, 1.54) is 178 Å². The molecule has 320 valence electrons. The molecule has 0 unspecified atom stereocenters. The molecule has 8 aromatic carbocycles. The van der Waals surface area contributed by atoms with Crippen molar-refractivity contribution < 1.29 is 0 Å². The lowest BCUT2D eigenvalue weighted by Crippen LogP contribution is -1.99. The summed E-state index contributed by atoms with van der Waals surface area (Å²) in [5.74, 6) is 0. The first-order valence-electron chi connectivity index (χ1n) is 23.2. The number of hydrogen-bond acceptors (Lipinski definition) is 0. The Labute approximate surface area is 384 Å². The minimum absolute atomic E-state index is 1.30. The second-order valence-electron chi connectivity index (χ2n) is 19.9. The summed E-state index contributed by atoms with van der Waals surface area (Å²) in [4.78, 5) is 0. The van der Waals surface area contributed by atoms with E-state index >= 15 is 0 Å². The molecule has 0 amide bonds. The Morgan fingerprint density at radius 1 is 0.109 bits per heavy atom. The van der Waals surface area contributed by atoms with Gasteiger partial charge >= 0.3 is 0 Å². The Morgan fingerprint density at radius 3 is 0.234 bits per heavy atom. The quantitative estimate of drug-likeness (QED) is 0.143. The van der Waals surface area contributed by atoms with Gasteiger partial charge in [-0.05, 0) is 337 Å². The minimum atomic E-state index is 1.30. The van der Waals surface area contributed by atoms with E-state index in [2.05, 4.69) is 208 Å². The maximum absolute atomic E-state index is 2.49. The molecule has 9 rings (SSSR count). The molecule has 1 aliphatic rings. The third kappa shape index (κ3) is 7.07. The van der Waals surface area contributed by atoms with Crippen molar-refractivity contribution in [1.29, 1.82) is 0 Å². The predicted molar refractivity (Wildman–Crippen MR) is 279 cm³/mol. The maximum atomic E-state index is 2.49. The fraction of sp³-hybridized carbons (Fsp3) is 0.250. The third-order valence-electron chi connectivity index (χ3n) is 14.9. The van der Waals surface area contributed by atoms with Crippen LogP contribution < -0.4 is 0 Å². The first kappa shape index (κ1) is 43.0. The second-order valence-corrected chi connectivity index (χ2v) is 19.9. The highest BCUT2D eigenvalue weighted by atomic mass is 14.3. The summed E-state index contributed by atoms with van der Waals surface area (Å²) in [7, 11) is 0. The van der Waals surface area contributed by atoms with Crippen molar-refractivity contribution in [3.05, 3.63) is 186 Å². The molecule has 16 bridgehead atoms. The summed E-state index contributed by atoms with van der Waals surface area (Å²) in [6.45, 7) is 36.6. The van der Waals surface area contributed by atoms with E-state index in [1.807, 2.05) is 0 Å². The normalized spacial score (nSPS) is 11.8. The highest BCUT2D eigenvalue weighted by Gasteiger charge is 2.22. The highest BCUT2D eigenvalue weighted by Crippen LogP contribution is 2.45. The molecule has 8 aromatic rings. The second kappa shape index (κ2) is 15.8. The van der Waals surface area contributed by atoms with Crippen LogP contribution in [0, 0.1) is 111 Å². The molecule has 0 N–H and O–H groups in total. The van der Waals surface area contributed by atoms with Crippen molar-refractivity contribution in [2.24, 2.45) is 0 Å². The van der Waals surface area contributed by atoms with Gasteiger partial charge in [0.1, 0.15) is 0 Å². The van der Waals surface area contributed by atoms with Crippen molar-refractivity contribution in [2.75, 3.05) is 0 Å². The van der Waals surface area contributed by atoms with E-state index in [9.17, 15) is 0 Å². The number of benzene rings is 8. The van der Waals surface area contributed by atoms with E-state index in [0.29, 0.717) is 0 Å². The summed E-state index contributed by atoms with van der Waals surface area (Å²) in [5, 5.41) is 0. The summed E-state index contributed by atoms with van der Waals surface area (Å²) in [5.41, 5.74) is 41.6. The van der Waals surface area contributed by atoms with Crippen LogP contribution in [0.15, 0.2) is 97.1 Å². The van der Waals surface area contributed by atoms with Gasteiger partial charge < -0.3 is 0 Å². The first-order chi connectivity index (χ1) is 30.3. The monoisotopic (exact) mass is 833 g/mol. The van der Waals surface area contributed by atoms with Crippen LogP contribution in [-0.2, 0) is 0 Å². The van der Waals surface area contributed by atoms with Gasteiger partial charge in [0.05, 0.1) is 0 Å². The van der Waals surface area contributed by atoms with Gasteiger partial charge in [0.25, 0.3) is 0 Å². The van der Waals surface area contributed by atoms with Crippen LogP contribution in [0.4, 0.5) is 0 Å². The number of fused-ring (bicyclic) bond motifs is 24. The Bertz CT molecular complexity index is 2450. The van der Waals surface area contributed by atoms with Crippen LogP contribution in [0.5, 0.6) is 0 Å². The maximum Gasteiger partial charge on any atom is -0.0145 e. The topological polar surface area (TPSA) is 0 Å². The molecule has 0 saturated carbocycles. The van der Waals surface area contributed by atoms with Gasteiger partial charge in [-0.3, -0.25) is 0 Å². The average Bonchev–Trinajstić information content (AvgIpc) is 3.20. The van der Waals surface area contributed by atoms with E-state index < -0.39 is 0 Å². The zero-order chi connectivity index (χ0) is 45.8. The molecule has 0 atom stereocenters. The Hall–Kier alpha value is -6.24. The first-order valence-corrected chi connectivity index (χ1v) is 23.2. The van der Waals surface area contributed by atoms with Gasteiger partial charge in [0.2, 0.25) is 0 Å². The molecule has 0 aliphatic heterocycles. The van der Waals surface area contributed by atoms with Crippen LogP contribution in [0.1, 0.15) is 89.0 Å². The minimum Gasteiger partial charge on any atom is -0.0551 e. The molecular weight excluding hydrogens is 769 g/mol. The molecule has 0 heterocycles. The predicted octanol–water partition coefficient (Wildman–Crippen LogP) is 18.3. The average molecular weight is 833 g/mol. The van der Waals surface area contributed by atoms with Crippen LogP contribution in [-0.4, -0.2) is 0 Å². The van der Waals surface area contributed by atoms with E-state index in [-0.39, 0.29) is 0 Å². The molecule has 0 fully saturated rings. The van der Waals surface area contributed by atoms with Gasteiger partial charge in [-0.1, -0.05) is 48.5 Å². The van der Waals surface area contributed by atoms with Gasteiger partial charge in [-0.25, -0.2) is 0 Å². The fourth-order valence-electron chi connectivity index (χ4n) is 11.5. The van der Waals surface area contributed by atoms with Crippen LogP contribution >= 0.6 is 0 Å². The van der Waals surface area contributed by atoms with Crippen molar-refractivity contribution in [3.63, 3.8) is 0 Å². The molecular formula is C64H64. The highest BCUT2D eigenvalue weighted by molar-refractivity contribution is 5.91. The zero-order valence-corrected chi connectivity index (χ0v) is 41.2. The number of rotatable bonds is 0. The van der Waals surface area contributed by atoms with Gasteiger partial charge in [-0.2, -0.15) is 0 Å². The van der Waals surface area contributed by atoms with Gasteiger partial charge in [0.15, 0.2) is 0 Å². The molecule has 1 aliphatic carbocycles. The molecule has 64 heavy (non-hydrogen) atoms. The van der Waals surface area contributed by atoms with Gasteiger partial charge in [-0.15, -0.1) is 0 Å². The Balaban J connectivity index is 1.41. The summed E-state index contributed by atoms with van der Waals surface area (Å²) >= 11 is 0. The van der Waals surface area contributed by atoms with Crippen molar-refractivity contribution in [1.82, 2.24) is 0 Å². The standard InChI is InChI=1S/C64H64/c1-33-17-34(2)51-25-49(33)50-26-52(36(4)18-35(50)3)54-28-56(40(8)20-38(54)6)58-30-60(44(12)22-42(58)10)62-32-64(48(16)24-46(62)14)63-31-61(45(13)23-47(63)15)59-29-57(41(9)21-43(59)11)55-27-53(51)37(5)19-39(55)7/h17-32H,1-16H3. The molecule has 0 spiro atoms. The Morgan fingerprint density at radius 2 is 0.172 bits per heavy atom. The molecule has 0 saturated heterocycles. The zero-order valence-electron chi connectivity index (χ0n) is 41.2. The lowest BCUT2D eigenvalue weighted by molar-refractivity contribution is 1.30. The molecule has 0 nitrogen and oxygen atoms in total. The third-order valence-corrected chi connectivity index (χ3v) is 14.9. The molecule has 0 heteroatoms. The summed E-state index contributed by atoms with van der Waals surface area (Å²) in [6.07, 6.45) is 0. The van der Waals surface area contributed by atoms with Crippen LogP contribution in [0.25, 0.3) is 89.0 Å². The van der Waals surface area contributed by atoms with Crippen LogP contribution in [0.2, 0.25) is 0 Å². The van der Waals surface area contributed by atoms with E-state index in [4.69, 9.17) is 0 Å². The number of hydrogen-bond donors (Lipinski definition) is 0. The van der Waals surface area contributed by atoms with Crippen molar-refractivity contribution >= 4 is 0 Å². The fourth-order valence-corrected chi connectivity index (χ4v) is 11.5. The SMILES string of the molecule is Cc1cc(C)c2cc1-c1cc(c(C)cc1C)-c1cc(c(C)cc1C)-c1cc(c(C)cc1C)-c1cc(c(C)cc1C)-c1cc(c(C)cc1C)-c1cc(c(C)cc1C)-c1cc-2c(C)cc1C. The smallest absolute Gasteiger partial charge is 0.0145 e. The van der Waals surface area contributed by atoms with E-state index in [1.54, 1.807) is 0 Å². The van der Waals surface area contributed by atoms with E-state index in [0.717, 1.165) is 0 Å². The Kier molecular flexibility index (Phi) is 10.6. The van der Waals surface area contributed by atoms with Crippen molar-refractivity contribution in [2.45, 2.75) is 111 Å². The number of aryl methyl sites for hydroxylation is 16. The largest absolute Gasteiger partial charge is 0.0551 e. The lowest BCUT2D eigenvalue weighted by Gasteiger charge is -2.22. The van der Waals surface area contributed by atoms with Crippen molar-refractivity contribution in [3.8, 4) is 89.0 Å². The lowest BCUT2D eigenvalue weighted by atomic mass is 9.82. The molecule has 0 radical (unpaired) electrons. The molecule has 0 aromatic heterocycles. The van der Waals surface area contributed by atoms with Gasteiger partial charge in [0, 0.05) is 0 Å². The van der Waals surface area contributed by atoms with Crippen LogP contribution in [0.3, 0.4) is 0 Å². The summed E-state index contributed by atoms with van der Waals surface area (Å²) in [6, 6.07) is 39.2. The summed E-state index contributed by atoms with van der Waals surface area (Å²) < 4.78 is 0.